The lowest BCUT2D eigenvalue weighted by molar-refractivity contribution is -0.125. The lowest BCUT2D eigenvalue weighted by Gasteiger charge is -2.33. The van der Waals surface area contributed by atoms with Crippen LogP contribution in [0.2, 0.25) is 0 Å². The lowest BCUT2D eigenvalue weighted by atomic mass is 9.97. The van der Waals surface area contributed by atoms with Gasteiger partial charge in [-0.15, -0.1) is 11.3 Å². The Morgan fingerprint density at radius 1 is 1.35 bits per heavy atom. The molecule has 26 heavy (non-hydrogen) atoms. The Kier molecular flexibility index (Phi) is 5.88. The number of piperidine rings is 1. The van der Waals surface area contributed by atoms with Crippen molar-refractivity contribution in [2.24, 2.45) is 5.92 Å². The zero-order valence-corrected chi connectivity index (χ0v) is 15.9. The van der Waals surface area contributed by atoms with Crippen molar-refractivity contribution in [2.45, 2.75) is 26.7 Å². The molecule has 6 nitrogen and oxygen atoms in total. The van der Waals surface area contributed by atoms with Gasteiger partial charge in [-0.1, -0.05) is 0 Å². The number of pyridine rings is 1. The summed E-state index contributed by atoms with van der Waals surface area (Å²) in [7, 11) is 0. The third kappa shape index (κ3) is 4.22. The van der Waals surface area contributed by atoms with Gasteiger partial charge in [0.25, 0.3) is 5.91 Å². The van der Waals surface area contributed by atoms with Gasteiger partial charge in [-0.25, -0.2) is 4.98 Å². The van der Waals surface area contributed by atoms with E-state index in [-0.39, 0.29) is 17.7 Å². The zero-order valence-electron chi connectivity index (χ0n) is 15.1. The van der Waals surface area contributed by atoms with E-state index >= 15 is 0 Å². The number of thiophene rings is 1. The molecule has 1 fully saturated rings. The Morgan fingerprint density at radius 3 is 2.92 bits per heavy atom. The van der Waals surface area contributed by atoms with Crippen molar-refractivity contribution < 1.29 is 9.59 Å². The van der Waals surface area contributed by atoms with Crippen LogP contribution < -0.4 is 15.5 Å². The number of hydrogen-bond acceptors (Lipinski definition) is 5. The van der Waals surface area contributed by atoms with Gasteiger partial charge in [-0.3, -0.25) is 9.59 Å². The maximum Gasteiger partial charge on any atom is 0.265 e. The molecule has 3 heterocycles. The van der Waals surface area contributed by atoms with Crippen LogP contribution in [-0.4, -0.2) is 36.4 Å². The number of anilines is 2. The Hall–Kier alpha value is -2.41. The zero-order chi connectivity index (χ0) is 18.5. The molecular weight excluding hydrogens is 348 g/mol. The third-order valence-corrected chi connectivity index (χ3v) is 5.44. The Labute approximate surface area is 157 Å². The van der Waals surface area contributed by atoms with Gasteiger partial charge in [0.15, 0.2) is 5.82 Å². The van der Waals surface area contributed by atoms with E-state index in [9.17, 15) is 9.59 Å². The summed E-state index contributed by atoms with van der Waals surface area (Å²) in [5.41, 5.74) is 0.681. The minimum atomic E-state index is -0.130. The monoisotopic (exact) mass is 372 g/mol. The third-order valence-electron chi connectivity index (χ3n) is 4.44. The largest absolute Gasteiger partial charge is 0.356 e. The molecule has 0 saturated carbocycles. The number of aryl methyl sites for hydroxylation is 1. The fourth-order valence-corrected chi connectivity index (χ4v) is 3.95. The summed E-state index contributed by atoms with van der Waals surface area (Å²) in [4.78, 5) is 33.1. The second kappa shape index (κ2) is 8.31. The molecule has 2 aromatic heterocycles. The number of nitrogens with one attached hydrogen (secondary N) is 2. The molecule has 2 N–H and O–H groups in total. The summed E-state index contributed by atoms with van der Waals surface area (Å²) in [6.45, 7) is 5.99. The van der Waals surface area contributed by atoms with Crippen molar-refractivity contribution in [1.82, 2.24) is 10.3 Å². The second-order valence-corrected chi connectivity index (χ2v) is 7.71. The van der Waals surface area contributed by atoms with E-state index in [4.69, 9.17) is 0 Å². The average Bonchev–Trinajstić information content (AvgIpc) is 3.09. The summed E-state index contributed by atoms with van der Waals surface area (Å²) in [6.07, 6.45) is 3.53. The maximum atomic E-state index is 12.5. The molecule has 0 aromatic carbocycles. The van der Waals surface area contributed by atoms with Crippen molar-refractivity contribution in [3.63, 3.8) is 0 Å². The van der Waals surface area contributed by atoms with Gasteiger partial charge in [0, 0.05) is 30.7 Å². The van der Waals surface area contributed by atoms with Crippen molar-refractivity contribution in [1.29, 1.82) is 0 Å². The molecule has 1 aliphatic rings. The minimum absolute atomic E-state index is 0.0470. The Bertz CT molecular complexity index is 789. The molecular formula is C19H24N4O2S. The Morgan fingerprint density at radius 2 is 2.19 bits per heavy atom. The van der Waals surface area contributed by atoms with Crippen LogP contribution in [0, 0.1) is 12.8 Å². The first-order valence-corrected chi connectivity index (χ1v) is 9.75. The van der Waals surface area contributed by atoms with Crippen LogP contribution in [0.5, 0.6) is 0 Å². The van der Waals surface area contributed by atoms with Gasteiger partial charge in [-0.2, -0.15) is 0 Å². The first kappa shape index (κ1) is 18.4. The normalized spacial score (nSPS) is 17.0. The number of rotatable bonds is 5. The smallest absolute Gasteiger partial charge is 0.265 e. The van der Waals surface area contributed by atoms with Gasteiger partial charge in [-0.05, 0) is 51.0 Å². The van der Waals surface area contributed by atoms with E-state index in [1.807, 2.05) is 38.1 Å². The van der Waals surface area contributed by atoms with E-state index in [0.717, 1.165) is 30.1 Å². The highest BCUT2D eigenvalue weighted by molar-refractivity contribution is 7.14. The number of carbonyl (C=O) groups excluding carboxylic acids is 2. The van der Waals surface area contributed by atoms with Crippen LogP contribution in [0.4, 0.5) is 11.5 Å². The summed E-state index contributed by atoms with van der Waals surface area (Å²) in [5, 5.41) is 5.88. The summed E-state index contributed by atoms with van der Waals surface area (Å²) in [5.74, 6) is 0.639. The van der Waals surface area contributed by atoms with E-state index in [0.29, 0.717) is 23.7 Å². The van der Waals surface area contributed by atoms with Crippen molar-refractivity contribution in [3.05, 3.63) is 40.2 Å². The molecule has 2 aromatic rings. The topological polar surface area (TPSA) is 74.3 Å². The van der Waals surface area contributed by atoms with Gasteiger partial charge in [0.1, 0.15) is 0 Å². The van der Waals surface area contributed by atoms with Gasteiger partial charge in [0.2, 0.25) is 5.91 Å². The number of aromatic nitrogens is 1. The molecule has 2 amide bonds. The van der Waals surface area contributed by atoms with Crippen molar-refractivity contribution in [3.8, 4) is 0 Å². The number of carbonyl (C=O) groups is 2. The minimum Gasteiger partial charge on any atom is -0.356 e. The highest BCUT2D eigenvalue weighted by Crippen LogP contribution is 2.28. The van der Waals surface area contributed by atoms with Crippen LogP contribution in [0.25, 0.3) is 0 Å². The molecule has 0 radical (unpaired) electrons. The van der Waals surface area contributed by atoms with Crippen LogP contribution in [0.3, 0.4) is 0 Å². The number of nitrogens with zero attached hydrogens (tertiary/aromatic N) is 2. The molecule has 0 aliphatic carbocycles. The van der Waals surface area contributed by atoms with Crippen molar-refractivity contribution in [2.75, 3.05) is 29.9 Å². The molecule has 3 rings (SSSR count). The molecule has 0 spiro atoms. The first-order valence-electron chi connectivity index (χ1n) is 8.94. The molecule has 1 saturated heterocycles. The van der Waals surface area contributed by atoms with Crippen LogP contribution in [-0.2, 0) is 4.79 Å². The molecule has 0 bridgehead atoms. The second-order valence-electron chi connectivity index (χ2n) is 6.42. The average molecular weight is 372 g/mol. The lowest BCUT2D eigenvalue weighted by Crippen LogP contribution is -2.43. The number of amides is 2. The van der Waals surface area contributed by atoms with Crippen LogP contribution in [0.1, 0.15) is 34.3 Å². The molecule has 138 valence electrons. The van der Waals surface area contributed by atoms with E-state index in [1.54, 1.807) is 6.20 Å². The van der Waals surface area contributed by atoms with Crippen LogP contribution in [0.15, 0.2) is 30.5 Å². The molecule has 1 unspecified atom stereocenters. The van der Waals surface area contributed by atoms with Gasteiger partial charge >= 0.3 is 0 Å². The van der Waals surface area contributed by atoms with E-state index in [1.165, 1.54) is 11.3 Å². The van der Waals surface area contributed by atoms with Crippen molar-refractivity contribution >= 4 is 34.7 Å². The Balaban J connectivity index is 1.76. The molecule has 1 atom stereocenters. The molecule has 1 aliphatic heterocycles. The SMILES string of the molecule is CCNC(=O)C1CCCN(c2ncccc2NC(=O)c2ccc(C)s2)C1. The highest BCUT2D eigenvalue weighted by atomic mass is 32.1. The van der Waals surface area contributed by atoms with Gasteiger partial charge in [0.05, 0.1) is 16.5 Å². The maximum absolute atomic E-state index is 12.5. The molecule has 7 heteroatoms. The van der Waals surface area contributed by atoms with Crippen LogP contribution >= 0.6 is 11.3 Å². The summed E-state index contributed by atoms with van der Waals surface area (Å²) >= 11 is 1.47. The predicted molar refractivity (Wildman–Crippen MR) is 105 cm³/mol. The summed E-state index contributed by atoms with van der Waals surface area (Å²) < 4.78 is 0. The van der Waals surface area contributed by atoms with E-state index < -0.39 is 0 Å². The highest BCUT2D eigenvalue weighted by Gasteiger charge is 2.27. The standard InChI is InChI=1S/C19H24N4O2S/c1-3-20-18(24)14-6-5-11-23(12-14)17-15(7-4-10-21-17)22-19(25)16-9-8-13(2)26-16/h4,7-10,14H,3,5-6,11-12H2,1-2H3,(H,20,24)(H,22,25). The van der Waals surface area contributed by atoms with E-state index in [2.05, 4.69) is 20.5 Å². The van der Waals surface area contributed by atoms with Gasteiger partial charge < -0.3 is 15.5 Å². The predicted octanol–water partition coefficient (Wildman–Crippen LogP) is 3.06. The summed E-state index contributed by atoms with van der Waals surface area (Å²) in [6, 6.07) is 7.43. The fraction of sp³-hybridized carbons (Fsp3) is 0.421. The fourth-order valence-electron chi connectivity index (χ4n) is 3.19. The quantitative estimate of drug-likeness (QED) is 0.846. The number of hydrogen-bond donors (Lipinski definition) is 2. The first-order chi connectivity index (χ1) is 12.6.